The summed E-state index contributed by atoms with van der Waals surface area (Å²) in [4.78, 5) is 55.9. The van der Waals surface area contributed by atoms with Crippen LogP contribution in [0.4, 0.5) is 18.0 Å². The minimum Gasteiger partial charge on any atom is -0.447 e. The summed E-state index contributed by atoms with van der Waals surface area (Å²) in [7, 11) is 0. The average molecular weight is 634 g/mol. The highest BCUT2D eigenvalue weighted by Crippen LogP contribution is 2.41. The van der Waals surface area contributed by atoms with E-state index in [0.29, 0.717) is 5.57 Å². The molecule has 2 saturated heterocycles. The zero-order chi connectivity index (χ0) is 33.0. The average Bonchev–Trinajstić information content (AvgIpc) is 3.40. The van der Waals surface area contributed by atoms with E-state index in [2.05, 4.69) is 5.32 Å². The molecule has 2 aliphatic heterocycles. The number of β-lactam (4-membered cyclic amide) rings is 1. The van der Waals surface area contributed by atoms with Gasteiger partial charge in [-0.2, -0.15) is 13.2 Å². The summed E-state index contributed by atoms with van der Waals surface area (Å²) in [5, 5.41) is 2.67. The van der Waals surface area contributed by atoms with Crippen LogP contribution >= 0.6 is 0 Å². The van der Waals surface area contributed by atoms with Crippen LogP contribution in [0.2, 0.25) is 0 Å². The fraction of sp³-hybridized carbons (Fsp3) is 0.314. The van der Waals surface area contributed by atoms with Gasteiger partial charge < -0.3 is 19.7 Å². The number of amides is 3. The van der Waals surface area contributed by atoms with Crippen molar-refractivity contribution in [2.24, 2.45) is 0 Å². The molecule has 2 heterocycles. The summed E-state index contributed by atoms with van der Waals surface area (Å²) in [6, 6.07) is 19.8. The number of carbonyl (C=O) groups is 4. The molecule has 11 heteroatoms. The Balaban J connectivity index is 1.48. The SMILES string of the molecule is CC(=O)CC[C@@H](C(=O)NCc1cccc(C(F)(F)F)c1)N1C(=O)C(N2C(=O)OC[C@@H]2c2ccccc2)C1/C(C)=C/c1ccccc1. The first-order chi connectivity index (χ1) is 22.0. The lowest BCUT2D eigenvalue weighted by Gasteiger charge is -2.54. The van der Waals surface area contributed by atoms with E-state index in [1.165, 1.54) is 28.9 Å². The van der Waals surface area contributed by atoms with Crippen molar-refractivity contribution < 1.29 is 37.1 Å². The zero-order valence-corrected chi connectivity index (χ0v) is 25.4. The van der Waals surface area contributed by atoms with E-state index in [0.717, 1.165) is 23.3 Å². The molecule has 2 aliphatic rings. The molecule has 2 unspecified atom stereocenters. The van der Waals surface area contributed by atoms with Gasteiger partial charge in [-0.1, -0.05) is 78.9 Å². The van der Waals surface area contributed by atoms with Crippen LogP contribution in [0.5, 0.6) is 0 Å². The minimum atomic E-state index is -4.55. The standard InChI is InChI=1S/C35H34F3N3O5/c1-22(18-24-10-5-3-6-11-24)30-31(41-29(21-46-34(41)45)26-13-7-4-8-14-26)33(44)40(30)28(17-16-23(2)42)32(43)39-20-25-12-9-15-27(19-25)35(36,37)38/h3-15,18-19,28-31H,16-17,20-21H2,1-2H3,(H,39,43)/b22-18+/t28-,29+,30?,31?/m0/s1. The van der Waals surface area contributed by atoms with Crippen LogP contribution < -0.4 is 5.32 Å². The van der Waals surface area contributed by atoms with Crippen LogP contribution in [0.15, 0.2) is 90.5 Å². The van der Waals surface area contributed by atoms with Crippen LogP contribution in [-0.4, -0.2) is 58.2 Å². The predicted molar refractivity (Wildman–Crippen MR) is 164 cm³/mol. The molecule has 0 saturated carbocycles. The maximum atomic E-state index is 14.1. The number of hydrogen-bond donors (Lipinski definition) is 1. The number of hydrogen-bond acceptors (Lipinski definition) is 5. The number of alkyl halides is 3. The Morgan fingerprint density at radius 2 is 1.65 bits per heavy atom. The Labute approximate surface area is 264 Å². The summed E-state index contributed by atoms with van der Waals surface area (Å²) in [6.45, 7) is 3.02. The first kappa shape index (κ1) is 32.5. The second kappa shape index (κ2) is 13.6. The van der Waals surface area contributed by atoms with Gasteiger partial charge in [0.15, 0.2) is 0 Å². The minimum absolute atomic E-state index is 0.0100. The first-order valence-electron chi connectivity index (χ1n) is 14.9. The topological polar surface area (TPSA) is 96.0 Å². The molecular formula is C35H34F3N3O5. The third-order valence-corrected chi connectivity index (χ3v) is 8.29. The molecule has 0 aromatic heterocycles. The highest BCUT2D eigenvalue weighted by molar-refractivity contribution is 5.98. The third-order valence-electron chi connectivity index (χ3n) is 8.29. The van der Waals surface area contributed by atoms with Crippen molar-refractivity contribution in [3.8, 4) is 0 Å². The number of ketones is 1. The number of benzene rings is 3. The number of halogens is 3. The van der Waals surface area contributed by atoms with E-state index in [9.17, 15) is 32.3 Å². The summed E-state index contributed by atoms with van der Waals surface area (Å²) in [6.07, 6.45) is -3.35. The van der Waals surface area contributed by atoms with Crippen LogP contribution in [0.25, 0.3) is 6.08 Å². The quantitative estimate of drug-likeness (QED) is 0.264. The Hall–Kier alpha value is -4.93. The predicted octanol–water partition coefficient (Wildman–Crippen LogP) is 5.94. The molecule has 4 atom stereocenters. The number of cyclic esters (lactones) is 1. The Morgan fingerprint density at radius 3 is 2.30 bits per heavy atom. The van der Waals surface area contributed by atoms with Gasteiger partial charge in [0, 0.05) is 13.0 Å². The van der Waals surface area contributed by atoms with Crippen LogP contribution in [0.3, 0.4) is 0 Å². The molecular weight excluding hydrogens is 599 g/mol. The van der Waals surface area contributed by atoms with Crippen LogP contribution in [0.1, 0.15) is 55.0 Å². The maximum Gasteiger partial charge on any atom is 0.416 e. The Bertz CT molecular complexity index is 1630. The van der Waals surface area contributed by atoms with Gasteiger partial charge in [-0.25, -0.2) is 4.79 Å². The molecule has 1 N–H and O–H groups in total. The molecule has 5 rings (SSSR count). The molecule has 0 radical (unpaired) electrons. The summed E-state index contributed by atoms with van der Waals surface area (Å²) >= 11 is 0. The molecule has 240 valence electrons. The number of likely N-dealkylation sites (tertiary alicyclic amines) is 1. The largest absolute Gasteiger partial charge is 0.447 e. The lowest BCUT2D eigenvalue weighted by atomic mass is 9.83. The number of nitrogens with zero attached hydrogens (tertiary/aromatic N) is 2. The monoisotopic (exact) mass is 633 g/mol. The van der Waals surface area contributed by atoms with Gasteiger partial charge in [0.1, 0.15) is 24.5 Å². The normalized spacial score (nSPS) is 20.6. The second-order valence-electron chi connectivity index (χ2n) is 11.5. The first-order valence-corrected chi connectivity index (χ1v) is 14.9. The van der Waals surface area contributed by atoms with Gasteiger partial charge in [0.25, 0.3) is 0 Å². The highest BCUT2D eigenvalue weighted by Gasteiger charge is 2.59. The van der Waals surface area contributed by atoms with E-state index in [1.54, 1.807) is 0 Å². The van der Waals surface area contributed by atoms with E-state index in [1.807, 2.05) is 73.7 Å². The maximum absolute atomic E-state index is 14.1. The van der Waals surface area contributed by atoms with Gasteiger partial charge >= 0.3 is 12.3 Å². The van der Waals surface area contributed by atoms with E-state index < -0.39 is 53.8 Å². The van der Waals surface area contributed by atoms with Crippen molar-refractivity contribution in [2.45, 2.75) is 63.6 Å². The zero-order valence-electron chi connectivity index (χ0n) is 25.4. The van der Waals surface area contributed by atoms with Crippen LogP contribution in [-0.2, 0) is 31.8 Å². The van der Waals surface area contributed by atoms with Gasteiger partial charge in [0.2, 0.25) is 11.8 Å². The lowest BCUT2D eigenvalue weighted by Crippen LogP contribution is -2.75. The smallest absolute Gasteiger partial charge is 0.416 e. The summed E-state index contributed by atoms with van der Waals surface area (Å²) in [5.41, 5.74) is 1.70. The molecule has 46 heavy (non-hydrogen) atoms. The van der Waals surface area contributed by atoms with E-state index >= 15 is 0 Å². The van der Waals surface area contributed by atoms with Crippen molar-refractivity contribution in [1.82, 2.24) is 15.1 Å². The molecule has 3 aromatic carbocycles. The third kappa shape index (κ3) is 6.98. The molecule has 3 aromatic rings. The summed E-state index contributed by atoms with van der Waals surface area (Å²) < 4.78 is 45.2. The molecule has 3 amide bonds. The van der Waals surface area contributed by atoms with Gasteiger partial charge in [0.05, 0.1) is 17.6 Å². The second-order valence-corrected chi connectivity index (χ2v) is 11.5. The number of ether oxygens (including phenoxy) is 1. The Morgan fingerprint density at radius 1 is 0.978 bits per heavy atom. The highest BCUT2D eigenvalue weighted by atomic mass is 19.4. The molecule has 0 bridgehead atoms. The van der Waals surface area contributed by atoms with Crippen molar-refractivity contribution >= 4 is 29.8 Å². The summed E-state index contributed by atoms with van der Waals surface area (Å²) in [5.74, 6) is -1.31. The molecule has 8 nitrogen and oxygen atoms in total. The number of rotatable bonds is 11. The van der Waals surface area contributed by atoms with E-state index in [4.69, 9.17) is 4.74 Å². The number of carbonyl (C=O) groups excluding carboxylic acids is 4. The van der Waals surface area contributed by atoms with Crippen molar-refractivity contribution in [1.29, 1.82) is 0 Å². The van der Waals surface area contributed by atoms with Gasteiger partial charge in [-0.15, -0.1) is 0 Å². The lowest BCUT2D eigenvalue weighted by molar-refractivity contribution is -0.164. The molecule has 0 aliphatic carbocycles. The molecule has 2 fully saturated rings. The number of nitrogens with one attached hydrogen (secondary N) is 1. The van der Waals surface area contributed by atoms with Crippen molar-refractivity contribution in [2.75, 3.05) is 6.61 Å². The molecule has 0 spiro atoms. The number of Topliss-reactive ketones (excluding diaryl/α,β-unsaturated/α-hetero) is 1. The Kier molecular flexibility index (Phi) is 9.60. The van der Waals surface area contributed by atoms with E-state index in [-0.39, 0.29) is 37.3 Å². The van der Waals surface area contributed by atoms with Crippen molar-refractivity contribution in [3.63, 3.8) is 0 Å². The van der Waals surface area contributed by atoms with Crippen LogP contribution in [0, 0.1) is 0 Å². The van der Waals surface area contributed by atoms with Gasteiger partial charge in [-0.05, 0) is 54.7 Å². The van der Waals surface area contributed by atoms with Crippen molar-refractivity contribution in [3.05, 3.63) is 113 Å². The van der Waals surface area contributed by atoms with Gasteiger partial charge in [-0.3, -0.25) is 14.5 Å². The fourth-order valence-electron chi connectivity index (χ4n) is 6.05. The fourth-order valence-corrected chi connectivity index (χ4v) is 6.05.